The van der Waals surface area contributed by atoms with E-state index in [2.05, 4.69) is 0 Å². The lowest BCUT2D eigenvalue weighted by Crippen LogP contribution is -2.58. The van der Waals surface area contributed by atoms with Gasteiger partial charge in [-0.15, -0.1) is 0 Å². The molecule has 12 heavy (non-hydrogen) atoms. The zero-order chi connectivity index (χ0) is 9.14. The molecule has 0 aromatic heterocycles. The van der Waals surface area contributed by atoms with Crippen molar-refractivity contribution in [2.45, 2.75) is 6.04 Å². The summed E-state index contributed by atoms with van der Waals surface area (Å²) in [5.74, 6) is -0.411. The number of primary amides is 1. The van der Waals surface area contributed by atoms with Gasteiger partial charge in [0.25, 0.3) is 0 Å². The van der Waals surface area contributed by atoms with E-state index in [0.29, 0.717) is 13.1 Å². The lowest BCUT2D eigenvalue weighted by atomic mass is 9.97. The van der Waals surface area contributed by atoms with Crippen LogP contribution in [0.5, 0.6) is 0 Å². The predicted octanol–water partition coefficient (Wildman–Crippen LogP) is -2.24. The summed E-state index contributed by atoms with van der Waals surface area (Å²) in [4.78, 5) is 12.4. The molecule has 0 saturated carbocycles. The Morgan fingerprint density at radius 2 is 2.00 bits per heavy atom. The smallest absolute Gasteiger partial charge is 0.223 e. The monoisotopic (exact) mass is 174 g/mol. The third kappa shape index (κ3) is 1.74. The Morgan fingerprint density at radius 1 is 1.50 bits per heavy atom. The Kier molecular flexibility index (Phi) is 3.02. The van der Waals surface area contributed by atoms with Crippen LogP contribution >= 0.6 is 0 Å². The van der Waals surface area contributed by atoms with Gasteiger partial charge in [0.05, 0.1) is 25.2 Å². The molecule has 1 fully saturated rings. The Labute approximate surface area is 70.8 Å². The quantitative estimate of drug-likeness (QED) is 0.449. The first kappa shape index (κ1) is 9.44. The summed E-state index contributed by atoms with van der Waals surface area (Å²) < 4.78 is 0. The van der Waals surface area contributed by atoms with Crippen molar-refractivity contribution in [2.24, 2.45) is 11.7 Å². The molecule has 1 aliphatic heterocycles. The van der Waals surface area contributed by atoms with Crippen molar-refractivity contribution in [3.8, 4) is 0 Å². The highest BCUT2D eigenvalue weighted by Crippen LogP contribution is 2.17. The molecule has 5 heteroatoms. The number of amides is 1. The summed E-state index contributed by atoms with van der Waals surface area (Å²) in [6.45, 7) is 0.951. The normalized spacial score (nSPS) is 19.6. The molecule has 0 spiro atoms. The van der Waals surface area contributed by atoms with E-state index in [1.807, 2.05) is 4.90 Å². The fourth-order valence-electron chi connectivity index (χ4n) is 1.28. The van der Waals surface area contributed by atoms with Gasteiger partial charge in [0.1, 0.15) is 0 Å². The fraction of sp³-hybridized carbons (Fsp3) is 0.857. The maximum Gasteiger partial charge on any atom is 0.223 e. The lowest BCUT2D eigenvalue weighted by Gasteiger charge is -2.41. The van der Waals surface area contributed by atoms with Gasteiger partial charge in [-0.25, -0.2) is 0 Å². The molecule has 5 nitrogen and oxygen atoms in total. The van der Waals surface area contributed by atoms with Crippen LogP contribution in [0.2, 0.25) is 0 Å². The van der Waals surface area contributed by atoms with Gasteiger partial charge >= 0.3 is 0 Å². The Bertz CT molecular complexity index is 164. The minimum atomic E-state index is -0.305. The van der Waals surface area contributed by atoms with Crippen LogP contribution in [0.3, 0.4) is 0 Å². The molecule has 1 saturated heterocycles. The second-order valence-electron chi connectivity index (χ2n) is 3.07. The summed E-state index contributed by atoms with van der Waals surface area (Å²) in [5, 5.41) is 17.5. The van der Waals surface area contributed by atoms with Crippen molar-refractivity contribution in [3.05, 3.63) is 0 Å². The minimum absolute atomic E-state index is 0.0814. The van der Waals surface area contributed by atoms with Gasteiger partial charge in [-0.05, 0) is 0 Å². The molecule has 0 bridgehead atoms. The van der Waals surface area contributed by atoms with E-state index in [4.69, 9.17) is 15.9 Å². The molecule has 70 valence electrons. The second kappa shape index (κ2) is 3.84. The number of hydrogen-bond acceptors (Lipinski definition) is 4. The van der Waals surface area contributed by atoms with Crippen molar-refractivity contribution >= 4 is 5.91 Å². The van der Waals surface area contributed by atoms with Crippen molar-refractivity contribution in [3.63, 3.8) is 0 Å². The minimum Gasteiger partial charge on any atom is -0.395 e. The average Bonchev–Trinajstić information content (AvgIpc) is 1.94. The van der Waals surface area contributed by atoms with Gasteiger partial charge < -0.3 is 15.9 Å². The first-order valence-corrected chi connectivity index (χ1v) is 3.94. The van der Waals surface area contributed by atoms with Gasteiger partial charge in [0, 0.05) is 13.1 Å². The standard InChI is InChI=1S/C7H14N2O3/c8-7(12)5-1-9(2-5)6(3-10)4-11/h5-6,10-11H,1-4H2,(H2,8,12). The van der Waals surface area contributed by atoms with Crippen LogP contribution in [-0.2, 0) is 4.79 Å². The second-order valence-corrected chi connectivity index (χ2v) is 3.07. The topological polar surface area (TPSA) is 86.8 Å². The van der Waals surface area contributed by atoms with Gasteiger partial charge in [0.2, 0.25) is 5.91 Å². The number of aliphatic hydroxyl groups is 2. The van der Waals surface area contributed by atoms with E-state index in [9.17, 15) is 4.79 Å². The Balaban J connectivity index is 2.28. The molecule has 1 heterocycles. The number of aliphatic hydroxyl groups excluding tert-OH is 2. The molecule has 0 aliphatic carbocycles. The van der Waals surface area contributed by atoms with Gasteiger partial charge in [-0.3, -0.25) is 9.69 Å². The van der Waals surface area contributed by atoms with Crippen molar-refractivity contribution in [1.82, 2.24) is 4.90 Å². The van der Waals surface area contributed by atoms with Crippen LogP contribution in [0.1, 0.15) is 0 Å². The highest BCUT2D eigenvalue weighted by atomic mass is 16.3. The zero-order valence-corrected chi connectivity index (χ0v) is 6.81. The molecule has 0 atom stereocenters. The molecular weight excluding hydrogens is 160 g/mol. The van der Waals surface area contributed by atoms with Crippen LogP contribution in [0.15, 0.2) is 0 Å². The van der Waals surface area contributed by atoms with Crippen molar-refractivity contribution in [2.75, 3.05) is 26.3 Å². The first-order chi connectivity index (χ1) is 5.69. The van der Waals surface area contributed by atoms with E-state index in [-0.39, 0.29) is 31.1 Å². The zero-order valence-electron chi connectivity index (χ0n) is 6.81. The molecule has 4 N–H and O–H groups in total. The molecular formula is C7H14N2O3. The molecule has 0 radical (unpaired) electrons. The molecule has 1 amide bonds. The SMILES string of the molecule is NC(=O)C1CN(C(CO)CO)C1. The van der Waals surface area contributed by atoms with Crippen LogP contribution in [0, 0.1) is 5.92 Å². The van der Waals surface area contributed by atoms with Crippen molar-refractivity contribution in [1.29, 1.82) is 0 Å². The van der Waals surface area contributed by atoms with E-state index in [1.54, 1.807) is 0 Å². The lowest BCUT2D eigenvalue weighted by molar-refractivity contribution is -0.129. The number of likely N-dealkylation sites (tertiary alicyclic amines) is 1. The number of carbonyl (C=O) groups excluding carboxylic acids is 1. The summed E-state index contributed by atoms with van der Waals surface area (Å²) >= 11 is 0. The highest BCUT2D eigenvalue weighted by Gasteiger charge is 2.34. The molecule has 0 aromatic rings. The molecule has 1 rings (SSSR count). The summed E-state index contributed by atoms with van der Waals surface area (Å²) in [5.41, 5.74) is 5.05. The van der Waals surface area contributed by atoms with Gasteiger partial charge in [-0.2, -0.15) is 0 Å². The van der Waals surface area contributed by atoms with Crippen LogP contribution in [-0.4, -0.2) is 53.4 Å². The van der Waals surface area contributed by atoms with Gasteiger partial charge in [0.15, 0.2) is 0 Å². The van der Waals surface area contributed by atoms with E-state index in [0.717, 1.165) is 0 Å². The molecule has 0 aromatic carbocycles. The number of hydrogen-bond donors (Lipinski definition) is 3. The number of nitrogens with two attached hydrogens (primary N) is 1. The third-order valence-corrected chi connectivity index (χ3v) is 2.25. The van der Waals surface area contributed by atoms with E-state index < -0.39 is 0 Å². The van der Waals surface area contributed by atoms with E-state index in [1.165, 1.54) is 0 Å². The van der Waals surface area contributed by atoms with E-state index >= 15 is 0 Å². The highest BCUT2D eigenvalue weighted by molar-refractivity contribution is 5.78. The third-order valence-electron chi connectivity index (χ3n) is 2.25. The van der Waals surface area contributed by atoms with Gasteiger partial charge in [-0.1, -0.05) is 0 Å². The first-order valence-electron chi connectivity index (χ1n) is 3.94. The summed E-state index contributed by atoms with van der Waals surface area (Å²) in [7, 11) is 0. The van der Waals surface area contributed by atoms with Crippen LogP contribution in [0.25, 0.3) is 0 Å². The van der Waals surface area contributed by atoms with Crippen LogP contribution < -0.4 is 5.73 Å². The maximum absolute atomic E-state index is 10.6. The largest absolute Gasteiger partial charge is 0.395 e. The number of rotatable bonds is 4. The number of carbonyl (C=O) groups is 1. The molecule has 0 unspecified atom stereocenters. The summed E-state index contributed by atoms with van der Waals surface area (Å²) in [6.07, 6.45) is 0. The van der Waals surface area contributed by atoms with Crippen molar-refractivity contribution < 1.29 is 15.0 Å². The summed E-state index contributed by atoms with van der Waals surface area (Å²) in [6, 6.07) is -0.236. The Hall–Kier alpha value is -0.650. The fourth-order valence-corrected chi connectivity index (χ4v) is 1.28. The predicted molar refractivity (Wildman–Crippen MR) is 42.2 cm³/mol. The average molecular weight is 174 g/mol. The molecule has 1 aliphatic rings. The van der Waals surface area contributed by atoms with Crippen LogP contribution in [0.4, 0.5) is 0 Å². The number of nitrogens with zero attached hydrogens (tertiary/aromatic N) is 1. The maximum atomic E-state index is 10.6. The Morgan fingerprint density at radius 3 is 2.33 bits per heavy atom.